The lowest BCUT2D eigenvalue weighted by atomic mass is 9.47. The number of aliphatic hydroxyl groups excluding tert-OH is 1. The molecule has 0 aromatic rings. The maximum atomic E-state index is 12.3. The van der Waals surface area contributed by atoms with E-state index in [9.17, 15) is 9.90 Å². The van der Waals surface area contributed by atoms with Crippen LogP contribution in [0.4, 0.5) is 0 Å². The fourth-order valence-corrected chi connectivity index (χ4v) is 7.17. The molecule has 0 aliphatic heterocycles. The Morgan fingerprint density at radius 3 is 2.71 bits per heavy atom. The molecule has 0 heterocycles. The van der Waals surface area contributed by atoms with Gasteiger partial charge in [-0.2, -0.15) is 0 Å². The minimum atomic E-state index is -0.134. The molecule has 1 N–H and O–H groups in total. The molecule has 3 nitrogen and oxygen atoms in total. The normalized spacial score (nSPS) is 50.3. The molecule has 3 fully saturated rings. The number of allylic oxidation sites excluding steroid dienone is 1. The van der Waals surface area contributed by atoms with Crippen LogP contribution in [0.25, 0.3) is 0 Å². The van der Waals surface area contributed by atoms with Crippen LogP contribution in [0.3, 0.4) is 0 Å². The third-order valence-electron chi connectivity index (χ3n) is 8.56. The van der Waals surface area contributed by atoms with E-state index in [4.69, 9.17) is 4.74 Å². The number of carbonyl (C=O) groups excluding carboxylic acids is 1. The van der Waals surface area contributed by atoms with E-state index in [1.807, 2.05) is 0 Å². The van der Waals surface area contributed by atoms with Crippen molar-refractivity contribution in [1.82, 2.24) is 0 Å². The highest BCUT2D eigenvalue weighted by atomic mass is 16.5. The molecule has 0 spiro atoms. The summed E-state index contributed by atoms with van der Waals surface area (Å²) in [5.41, 5.74) is 1.94. The number of rotatable bonds is 1. The topological polar surface area (TPSA) is 46.5 Å². The van der Waals surface area contributed by atoms with E-state index in [0.29, 0.717) is 11.8 Å². The second-order valence-corrected chi connectivity index (χ2v) is 9.35. The lowest BCUT2D eigenvalue weighted by molar-refractivity contribution is -0.152. The van der Waals surface area contributed by atoms with Crippen LogP contribution in [0, 0.1) is 34.5 Å². The second kappa shape index (κ2) is 5.59. The van der Waals surface area contributed by atoms with Crippen molar-refractivity contribution in [2.45, 2.75) is 71.3 Å². The van der Waals surface area contributed by atoms with E-state index < -0.39 is 0 Å². The molecular formula is C21H32O3. The summed E-state index contributed by atoms with van der Waals surface area (Å²) in [4.78, 5) is 12.3. The highest BCUT2D eigenvalue weighted by molar-refractivity contribution is 5.73. The summed E-state index contributed by atoms with van der Waals surface area (Å²) in [7, 11) is 1.54. The molecule has 24 heavy (non-hydrogen) atoms. The maximum Gasteiger partial charge on any atom is 0.309 e. The Labute approximate surface area is 145 Å². The summed E-state index contributed by atoms with van der Waals surface area (Å²) in [6.07, 6.45) is 11.0. The molecular weight excluding hydrogens is 300 g/mol. The van der Waals surface area contributed by atoms with Crippen molar-refractivity contribution in [3.8, 4) is 0 Å². The molecule has 0 saturated heterocycles. The third-order valence-corrected chi connectivity index (χ3v) is 8.56. The molecule has 4 rings (SSSR count). The molecule has 4 aliphatic rings. The predicted octanol–water partition coefficient (Wildman–Crippen LogP) is 4.10. The van der Waals surface area contributed by atoms with Gasteiger partial charge in [-0.15, -0.1) is 0 Å². The standard InChI is InChI=1S/C21H32O3/c1-20-10-8-14(22)12-13(20)4-5-15-16-6-7-18(19(23)24-3)21(16,2)11-9-17(15)20/h4,14-18,22H,5-12H2,1-3H3/t14-,15+,16-,17-,18-,20+,21+/m1/s1. The molecule has 3 heteroatoms. The van der Waals surface area contributed by atoms with Gasteiger partial charge < -0.3 is 9.84 Å². The summed E-state index contributed by atoms with van der Waals surface area (Å²) in [5, 5.41) is 10.1. The van der Waals surface area contributed by atoms with Gasteiger partial charge in [0.15, 0.2) is 0 Å². The van der Waals surface area contributed by atoms with Crippen LogP contribution in [-0.4, -0.2) is 24.3 Å². The fraction of sp³-hybridized carbons (Fsp3) is 0.857. The lowest BCUT2D eigenvalue weighted by Crippen LogP contribution is -2.51. The first-order valence-electron chi connectivity index (χ1n) is 9.85. The van der Waals surface area contributed by atoms with Crippen molar-refractivity contribution >= 4 is 5.97 Å². The Hall–Kier alpha value is -0.830. The number of fused-ring (bicyclic) bond motifs is 5. The average molecular weight is 332 g/mol. The van der Waals surface area contributed by atoms with Gasteiger partial charge in [0.05, 0.1) is 19.1 Å². The summed E-state index contributed by atoms with van der Waals surface area (Å²) >= 11 is 0. The second-order valence-electron chi connectivity index (χ2n) is 9.35. The van der Waals surface area contributed by atoms with Crippen molar-refractivity contribution in [3.05, 3.63) is 11.6 Å². The SMILES string of the molecule is COC(=O)[C@H]1CC[C@@H]2[C@@H]3CC=C4C[C@H](O)CC[C@]4(C)[C@@H]3CC[C@]12C. The van der Waals surface area contributed by atoms with Gasteiger partial charge in [-0.1, -0.05) is 25.5 Å². The first-order valence-corrected chi connectivity index (χ1v) is 9.85. The van der Waals surface area contributed by atoms with Gasteiger partial charge in [0.2, 0.25) is 0 Å². The zero-order valence-electron chi connectivity index (χ0n) is 15.4. The summed E-state index contributed by atoms with van der Waals surface area (Å²) in [5.74, 6) is 2.21. The van der Waals surface area contributed by atoms with Crippen molar-refractivity contribution in [2.24, 2.45) is 34.5 Å². The third kappa shape index (κ3) is 2.16. The molecule has 134 valence electrons. The number of aliphatic hydroxyl groups is 1. The van der Waals surface area contributed by atoms with E-state index in [2.05, 4.69) is 19.9 Å². The van der Waals surface area contributed by atoms with Crippen LogP contribution in [0.2, 0.25) is 0 Å². The van der Waals surface area contributed by atoms with Gasteiger partial charge >= 0.3 is 5.97 Å². The first kappa shape index (κ1) is 16.6. The lowest BCUT2D eigenvalue weighted by Gasteiger charge is -2.57. The van der Waals surface area contributed by atoms with Crippen molar-refractivity contribution < 1.29 is 14.6 Å². The molecule has 0 bridgehead atoms. The monoisotopic (exact) mass is 332 g/mol. The first-order chi connectivity index (χ1) is 11.4. The zero-order chi connectivity index (χ0) is 17.1. The molecule has 0 aromatic carbocycles. The van der Waals surface area contributed by atoms with Gasteiger partial charge in [0, 0.05) is 0 Å². The predicted molar refractivity (Wildman–Crippen MR) is 93.2 cm³/mol. The van der Waals surface area contributed by atoms with Gasteiger partial charge in [0.1, 0.15) is 0 Å². The number of methoxy groups -OCH3 is 1. The van der Waals surface area contributed by atoms with Crippen LogP contribution in [0.1, 0.15) is 65.2 Å². The Kier molecular flexibility index (Phi) is 3.87. The van der Waals surface area contributed by atoms with Crippen LogP contribution in [0.15, 0.2) is 11.6 Å². The Bertz CT molecular complexity index is 567. The summed E-state index contributed by atoms with van der Waals surface area (Å²) in [6.45, 7) is 4.81. The smallest absolute Gasteiger partial charge is 0.309 e. The maximum absolute atomic E-state index is 12.3. The number of esters is 1. The summed E-state index contributed by atoms with van der Waals surface area (Å²) in [6, 6.07) is 0. The van der Waals surface area contributed by atoms with Crippen LogP contribution in [0.5, 0.6) is 0 Å². The van der Waals surface area contributed by atoms with E-state index in [1.165, 1.54) is 25.5 Å². The number of hydrogen-bond donors (Lipinski definition) is 1. The van der Waals surface area contributed by atoms with Crippen LogP contribution < -0.4 is 0 Å². The Morgan fingerprint density at radius 2 is 1.96 bits per heavy atom. The van der Waals surface area contributed by atoms with Gasteiger partial charge in [0.25, 0.3) is 0 Å². The summed E-state index contributed by atoms with van der Waals surface area (Å²) < 4.78 is 5.12. The molecule has 0 unspecified atom stereocenters. The van der Waals surface area contributed by atoms with Gasteiger partial charge in [-0.25, -0.2) is 0 Å². The molecule has 7 atom stereocenters. The minimum Gasteiger partial charge on any atom is -0.469 e. The van der Waals surface area contributed by atoms with Gasteiger partial charge in [-0.3, -0.25) is 4.79 Å². The zero-order valence-corrected chi connectivity index (χ0v) is 15.4. The largest absolute Gasteiger partial charge is 0.469 e. The van der Waals surface area contributed by atoms with Crippen molar-refractivity contribution in [3.63, 3.8) is 0 Å². The van der Waals surface area contributed by atoms with E-state index in [1.54, 1.807) is 0 Å². The molecule has 0 aromatic heterocycles. The number of ether oxygens (including phenoxy) is 1. The highest BCUT2D eigenvalue weighted by Crippen LogP contribution is 2.66. The molecule has 0 radical (unpaired) electrons. The van der Waals surface area contributed by atoms with E-state index in [-0.39, 0.29) is 28.8 Å². The van der Waals surface area contributed by atoms with E-state index >= 15 is 0 Å². The molecule has 4 aliphatic carbocycles. The van der Waals surface area contributed by atoms with Crippen molar-refractivity contribution in [1.29, 1.82) is 0 Å². The number of hydrogen-bond acceptors (Lipinski definition) is 3. The van der Waals surface area contributed by atoms with E-state index in [0.717, 1.165) is 44.4 Å². The minimum absolute atomic E-state index is 0.0116. The Balaban J connectivity index is 1.64. The molecule has 0 amide bonds. The average Bonchev–Trinajstić information content (AvgIpc) is 2.92. The van der Waals surface area contributed by atoms with Crippen LogP contribution in [-0.2, 0) is 9.53 Å². The van der Waals surface area contributed by atoms with Crippen molar-refractivity contribution in [2.75, 3.05) is 7.11 Å². The fourth-order valence-electron chi connectivity index (χ4n) is 7.17. The van der Waals surface area contributed by atoms with Crippen LogP contribution >= 0.6 is 0 Å². The quantitative estimate of drug-likeness (QED) is 0.581. The number of carbonyl (C=O) groups is 1. The Morgan fingerprint density at radius 1 is 1.17 bits per heavy atom. The highest BCUT2D eigenvalue weighted by Gasteiger charge is 2.60. The molecule has 3 saturated carbocycles. The van der Waals surface area contributed by atoms with Gasteiger partial charge in [-0.05, 0) is 80.0 Å².